The van der Waals surface area contributed by atoms with E-state index in [1.807, 2.05) is 37.3 Å². The van der Waals surface area contributed by atoms with Crippen LogP contribution in [0.2, 0.25) is 0 Å². The Kier molecular flexibility index (Phi) is 3.90. The Labute approximate surface area is 123 Å². The normalized spacial score (nSPS) is 18.0. The Morgan fingerprint density at radius 2 is 2.24 bits per heavy atom. The van der Waals surface area contributed by atoms with Gasteiger partial charge in [0.1, 0.15) is 12.4 Å². The number of nitrogens with zero attached hydrogens (tertiary/aromatic N) is 2. The van der Waals surface area contributed by atoms with Gasteiger partial charge in [-0.15, -0.1) is 0 Å². The van der Waals surface area contributed by atoms with Crippen LogP contribution in [0.1, 0.15) is 29.6 Å². The Bertz CT molecular complexity index is 609. The van der Waals surface area contributed by atoms with Crippen molar-refractivity contribution in [1.82, 2.24) is 9.88 Å². The number of ether oxygens (including phenoxy) is 1. The lowest BCUT2D eigenvalue weighted by atomic mass is 10.1. The Balaban J connectivity index is 1.52. The maximum absolute atomic E-state index is 12.1. The topological polar surface area (TPSA) is 55.6 Å². The fourth-order valence-electron chi connectivity index (χ4n) is 2.50. The van der Waals surface area contributed by atoms with Crippen LogP contribution in [0.4, 0.5) is 4.79 Å². The van der Waals surface area contributed by atoms with E-state index in [1.54, 1.807) is 11.1 Å². The van der Waals surface area contributed by atoms with E-state index in [0.29, 0.717) is 25.6 Å². The van der Waals surface area contributed by atoms with Crippen LogP contribution in [-0.2, 0) is 11.3 Å². The Hall–Kier alpha value is -2.30. The average molecular weight is 286 g/mol. The molecule has 2 heterocycles. The molecule has 0 aliphatic carbocycles. The van der Waals surface area contributed by atoms with Crippen molar-refractivity contribution in [2.24, 2.45) is 0 Å². The van der Waals surface area contributed by atoms with Crippen LogP contribution in [0.5, 0.6) is 0 Å². The molecule has 1 aliphatic rings. The van der Waals surface area contributed by atoms with Crippen LogP contribution in [0, 0.1) is 6.92 Å². The van der Waals surface area contributed by atoms with E-state index in [0.717, 1.165) is 17.7 Å². The van der Waals surface area contributed by atoms with Crippen LogP contribution in [-0.4, -0.2) is 29.1 Å². The van der Waals surface area contributed by atoms with Gasteiger partial charge in [-0.05, 0) is 18.9 Å². The first-order valence-electron chi connectivity index (χ1n) is 7.10. The number of aromatic nitrogens is 1. The Morgan fingerprint density at radius 3 is 2.95 bits per heavy atom. The van der Waals surface area contributed by atoms with Gasteiger partial charge >= 0.3 is 6.09 Å². The van der Waals surface area contributed by atoms with Gasteiger partial charge in [-0.3, -0.25) is 0 Å². The molecule has 1 aromatic heterocycles. The molecular formula is C16H18N2O3. The summed E-state index contributed by atoms with van der Waals surface area (Å²) in [6.45, 7) is 3.46. The maximum atomic E-state index is 12.1. The third-order valence-corrected chi connectivity index (χ3v) is 3.64. The lowest BCUT2D eigenvalue weighted by Gasteiger charge is -2.15. The van der Waals surface area contributed by atoms with Crippen LogP contribution >= 0.6 is 0 Å². The molecule has 2 aromatic rings. The van der Waals surface area contributed by atoms with E-state index in [1.165, 1.54) is 0 Å². The van der Waals surface area contributed by atoms with E-state index < -0.39 is 0 Å². The van der Waals surface area contributed by atoms with Gasteiger partial charge in [-0.25, -0.2) is 9.78 Å². The third-order valence-electron chi connectivity index (χ3n) is 3.64. The molecule has 1 unspecified atom stereocenters. The SMILES string of the molecule is Cc1cnc(C2CCN(C(=O)OCc3ccccc3)C2)o1. The zero-order valence-electron chi connectivity index (χ0n) is 12.0. The highest BCUT2D eigenvalue weighted by Gasteiger charge is 2.31. The van der Waals surface area contributed by atoms with E-state index >= 15 is 0 Å². The highest BCUT2D eigenvalue weighted by atomic mass is 16.6. The van der Waals surface area contributed by atoms with Crippen molar-refractivity contribution in [2.45, 2.75) is 25.9 Å². The average Bonchev–Trinajstić information content (AvgIpc) is 3.14. The number of hydrogen-bond donors (Lipinski definition) is 0. The third kappa shape index (κ3) is 3.24. The first-order chi connectivity index (χ1) is 10.2. The molecule has 0 N–H and O–H groups in total. The first kappa shape index (κ1) is 13.7. The molecule has 0 radical (unpaired) electrons. The van der Waals surface area contributed by atoms with Gasteiger partial charge in [0.2, 0.25) is 0 Å². The number of oxazole rings is 1. The van der Waals surface area contributed by atoms with Crippen molar-refractivity contribution in [3.05, 3.63) is 53.7 Å². The van der Waals surface area contributed by atoms with Crippen molar-refractivity contribution >= 4 is 6.09 Å². The fraction of sp³-hybridized carbons (Fsp3) is 0.375. The maximum Gasteiger partial charge on any atom is 0.410 e. The summed E-state index contributed by atoms with van der Waals surface area (Å²) in [7, 11) is 0. The van der Waals surface area contributed by atoms with Gasteiger partial charge in [0.05, 0.1) is 12.1 Å². The molecule has 1 atom stereocenters. The summed E-state index contributed by atoms with van der Waals surface area (Å²) >= 11 is 0. The molecule has 5 heteroatoms. The molecule has 1 aromatic carbocycles. The predicted molar refractivity (Wildman–Crippen MR) is 76.8 cm³/mol. The number of carbonyl (C=O) groups is 1. The fourth-order valence-corrected chi connectivity index (χ4v) is 2.50. The van der Waals surface area contributed by atoms with Crippen molar-refractivity contribution in [3.8, 4) is 0 Å². The number of carbonyl (C=O) groups excluding carboxylic acids is 1. The predicted octanol–water partition coefficient (Wildman–Crippen LogP) is 3.11. The summed E-state index contributed by atoms with van der Waals surface area (Å²) in [4.78, 5) is 18.0. The molecule has 1 fully saturated rings. The van der Waals surface area contributed by atoms with Gasteiger partial charge in [0.25, 0.3) is 0 Å². The van der Waals surface area contributed by atoms with Crippen molar-refractivity contribution in [3.63, 3.8) is 0 Å². The summed E-state index contributed by atoms with van der Waals surface area (Å²) in [5, 5.41) is 0. The van der Waals surface area contributed by atoms with E-state index in [2.05, 4.69) is 4.98 Å². The number of benzene rings is 1. The number of hydrogen-bond acceptors (Lipinski definition) is 4. The lowest BCUT2D eigenvalue weighted by molar-refractivity contribution is 0.104. The summed E-state index contributed by atoms with van der Waals surface area (Å²) in [6.07, 6.45) is 2.30. The summed E-state index contributed by atoms with van der Waals surface area (Å²) in [5.41, 5.74) is 0.991. The molecule has 1 aliphatic heterocycles. The smallest absolute Gasteiger partial charge is 0.410 e. The van der Waals surface area contributed by atoms with Gasteiger partial charge in [0.15, 0.2) is 5.89 Å². The van der Waals surface area contributed by atoms with E-state index in [-0.39, 0.29) is 12.0 Å². The zero-order valence-corrected chi connectivity index (χ0v) is 12.0. The zero-order chi connectivity index (χ0) is 14.7. The molecule has 3 rings (SSSR count). The quantitative estimate of drug-likeness (QED) is 0.870. The van der Waals surface area contributed by atoms with Crippen LogP contribution in [0.15, 0.2) is 40.9 Å². The first-order valence-corrected chi connectivity index (χ1v) is 7.10. The monoisotopic (exact) mass is 286 g/mol. The molecule has 21 heavy (non-hydrogen) atoms. The Morgan fingerprint density at radius 1 is 1.43 bits per heavy atom. The second-order valence-electron chi connectivity index (χ2n) is 5.28. The standard InChI is InChI=1S/C16H18N2O3/c1-12-9-17-15(21-12)14-7-8-18(10-14)16(19)20-11-13-5-3-2-4-6-13/h2-6,9,14H,7-8,10-11H2,1H3. The van der Waals surface area contributed by atoms with Gasteiger partial charge in [0, 0.05) is 13.1 Å². The largest absolute Gasteiger partial charge is 0.446 e. The van der Waals surface area contributed by atoms with E-state index in [9.17, 15) is 4.79 Å². The van der Waals surface area contributed by atoms with Gasteiger partial charge < -0.3 is 14.1 Å². The van der Waals surface area contributed by atoms with Crippen molar-refractivity contribution in [2.75, 3.05) is 13.1 Å². The minimum Gasteiger partial charge on any atom is -0.446 e. The second kappa shape index (κ2) is 5.99. The van der Waals surface area contributed by atoms with Crippen LogP contribution in [0.25, 0.3) is 0 Å². The van der Waals surface area contributed by atoms with E-state index in [4.69, 9.17) is 9.15 Å². The molecule has 1 amide bonds. The molecule has 0 spiro atoms. The minimum atomic E-state index is -0.273. The second-order valence-corrected chi connectivity index (χ2v) is 5.28. The molecule has 1 saturated heterocycles. The molecule has 0 bridgehead atoms. The van der Waals surface area contributed by atoms with Crippen LogP contribution in [0.3, 0.4) is 0 Å². The summed E-state index contributed by atoms with van der Waals surface area (Å²) in [5.74, 6) is 1.68. The molecular weight excluding hydrogens is 268 g/mol. The highest BCUT2D eigenvalue weighted by molar-refractivity contribution is 5.68. The van der Waals surface area contributed by atoms with Crippen molar-refractivity contribution < 1.29 is 13.9 Å². The molecule has 5 nitrogen and oxygen atoms in total. The van der Waals surface area contributed by atoms with Gasteiger partial charge in [-0.1, -0.05) is 30.3 Å². The molecule has 110 valence electrons. The lowest BCUT2D eigenvalue weighted by Crippen LogP contribution is -2.29. The summed E-state index contributed by atoms with van der Waals surface area (Å²) < 4.78 is 10.9. The van der Waals surface area contributed by atoms with Gasteiger partial charge in [-0.2, -0.15) is 0 Å². The number of aryl methyl sites for hydroxylation is 1. The van der Waals surface area contributed by atoms with Crippen molar-refractivity contribution in [1.29, 1.82) is 0 Å². The number of amides is 1. The number of rotatable bonds is 3. The minimum absolute atomic E-state index is 0.169. The highest BCUT2D eigenvalue weighted by Crippen LogP contribution is 2.27. The number of likely N-dealkylation sites (tertiary alicyclic amines) is 1. The molecule has 0 saturated carbocycles. The van der Waals surface area contributed by atoms with Crippen LogP contribution < -0.4 is 0 Å². The summed E-state index contributed by atoms with van der Waals surface area (Å²) in [6, 6.07) is 9.68.